The number of anilines is 2. The van der Waals surface area contributed by atoms with Gasteiger partial charge in [-0.2, -0.15) is 4.98 Å². The number of fused-ring (bicyclic) bond motifs is 1. The quantitative estimate of drug-likeness (QED) is 0.694. The van der Waals surface area contributed by atoms with E-state index in [0.717, 1.165) is 0 Å². The molecule has 2 heterocycles. The molecule has 0 bridgehead atoms. The number of nitrogens with zero attached hydrogens (tertiary/aromatic N) is 3. The van der Waals surface area contributed by atoms with Crippen molar-refractivity contribution in [3.8, 4) is 0 Å². The van der Waals surface area contributed by atoms with Crippen LogP contribution in [0, 0.1) is 0 Å². The molecule has 16 heavy (non-hydrogen) atoms. The molecule has 0 fully saturated rings. The molecule has 0 unspecified atom stereocenters. The highest BCUT2D eigenvalue weighted by Gasteiger charge is 2.14. The van der Waals surface area contributed by atoms with Gasteiger partial charge in [-0.1, -0.05) is 0 Å². The molecule has 0 aliphatic carbocycles. The van der Waals surface area contributed by atoms with Crippen LogP contribution in [0.2, 0.25) is 0 Å². The molecule has 0 saturated carbocycles. The second-order valence-corrected chi connectivity index (χ2v) is 3.17. The van der Waals surface area contributed by atoms with Crippen molar-refractivity contribution >= 4 is 23.3 Å². The van der Waals surface area contributed by atoms with E-state index in [9.17, 15) is 4.79 Å². The maximum absolute atomic E-state index is 10.9. The van der Waals surface area contributed by atoms with E-state index in [4.69, 9.17) is 10.8 Å². The average molecular weight is 221 g/mol. The van der Waals surface area contributed by atoms with E-state index >= 15 is 0 Å². The molecule has 0 atom stereocenters. The molecule has 0 aliphatic heterocycles. The smallest absolute Gasteiger partial charge is 0.354 e. The third kappa shape index (κ3) is 1.52. The van der Waals surface area contributed by atoms with Gasteiger partial charge in [0.25, 0.3) is 0 Å². The molecule has 4 N–H and O–H groups in total. The Morgan fingerprint density at radius 3 is 3.00 bits per heavy atom. The predicted octanol–water partition coefficient (Wildman–Crippen LogP) is 0.441. The van der Waals surface area contributed by atoms with Crippen LogP contribution in [0.25, 0.3) is 5.65 Å². The zero-order valence-electron chi connectivity index (χ0n) is 8.64. The van der Waals surface area contributed by atoms with Crippen molar-refractivity contribution < 1.29 is 9.90 Å². The van der Waals surface area contributed by atoms with E-state index in [1.807, 2.05) is 6.92 Å². The maximum atomic E-state index is 10.9. The molecule has 2 aromatic heterocycles. The van der Waals surface area contributed by atoms with Gasteiger partial charge in [-0.3, -0.25) is 0 Å². The number of nitrogen functional groups attached to an aromatic ring is 1. The lowest BCUT2D eigenvalue weighted by atomic mass is 10.3. The Hall–Kier alpha value is -2.31. The summed E-state index contributed by atoms with van der Waals surface area (Å²) < 4.78 is 1.22. The molecular weight excluding hydrogens is 210 g/mol. The van der Waals surface area contributed by atoms with Crippen molar-refractivity contribution in [3.05, 3.63) is 17.8 Å². The van der Waals surface area contributed by atoms with E-state index in [0.29, 0.717) is 17.9 Å². The van der Waals surface area contributed by atoms with Gasteiger partial charge in [0.2, 0.25) is 5.95 Å². The predicted molar refractivity (Wildman–Crippen MR) is 58.5 cm³/mol. The number of aromatic nitrogens is 3. The molecule has 2 aromatic rings. The highest BCUT2D eigenvalue weighted by atomic mass is 16.4. The lowest BCUT2D eigenvalue weighted by Gasteiger charge is -2.05. The van der Waals surface area contributed by atoms with Gasteiger partial charge in [-0.15, -0.1) is 5.10 Å². The van der Waals surface area contributed by atoms with Crippen LogP contribution in [0.4, 0.5) is 11.6 Å². The highest BCUT2D eigenvalue weighted by Crippen LogP contribution is 2.17. The molecular formula is C9H11N5O2. The zero-order chi connectivity index (χ0) is 11.7. The van der Waals surface area contributed by atoms with Gasteiger partial charge in [0.05, 0.1) is 5.69 Å². The third-order valence-corrected chi connectivity index (χ3v) is 2.09. The number of hydrogen-bond acceptors (Lipinski definition) is 5. The average Bonchev–Trinajstić information content (AvgIpc) is 2.59. The molecule has 0 radical (unpaired) electrons. The minimum Gasteiger partial charge on any atom is -0.477 e. The molecule has 0 aliphatic rings. The van der Waals surface area contributed by atoms with E-state index in [1.165, 1.54) is 10.6 Å². The Morgan fingerprint density at radius 1 is 1.62 bits per heavy atom. The van der Waals surface area contributed by atoms with Gasteiger partial charge in [-0.05, 0) is 19.1 Å². The molecule has 0 spiro atoms. The fraction of sp³-hybridized carbons (Fsp3) is 0.222. The van der Waals surface area contributed by atoms with E-state index < -0.39 is 5.97 Å². The van der Waals surface area contributed by atoms with Gasteiger partial charge in [-0.25, -0.2) is 9.31 Å². The second kappa shape index (κ2) is 3.69. The van der Waals surface area contributed by atoms with Crippen molar-refractivity contribution in [2.24, 2.45) is 0 Å². The summed E-state index contributed by atoms with van der Waals surface area (Å²) in [5.41, 5.74) is 6.61. The number of hydrogen-bond donors (Lipinski definition) is 3. The Kier molecular flexibility index (Phi) is 2.35. The van der Waals surface area contributed by atoms with Gasteiger partial charge in [0.15, 0.2) is 11.3 Å². The monoisotopic (exact) mass is 221 g/mol. The van der Waals surface area contributed by atoms with Crippen molar-refractivity contribution in [1.29, 1.82) is 0 Å². The number of aromatic carboxylic acids is 1. The van der Waals surface area contributed by atoms with Crippen LogP contribution in [0.1, 0.15) is 17.4 Å². The fourth-order valence-electron chi connectivity index (χ4n) is 1.47. The van der Waals surface area contributed by atoms with Gasteiger partial charge >= 0.3 is 5.97 Å². The summed E-state index contributed by atoms with van der Waals surface area (Å²) in [7, 11) is 0. The van der Waals surface area contributed by atoms with Crippen LogP contribution in [0.15, 0.2) is 12.1 Å². The van der Waals surface area contributed by atoms with Crippen molar-refractivity contribution in [1.82, 2.24) is 14.6 Å². The summed E-state index contributed by atoms with van der Waals surface area (Å²) in [6.45, 7) is 2.64. The molecule has 0 aromatic carbocycles. The summed E-state index contributed by atoms with van der Waals surface area (Å²) in [4.78, 5) is 14.9. The minimum absolute atomic E-state index is 0.0286. The number of carboxylic acid groups (broad SMARTS) is 1. The Balaban J connectivity index is 2.71. The molecule has 84 valence electrons. The molecule has 2 rings (SSSR count). The first-order valence-corrected chi connectivity index (χ1v) is 4.76. The molecule has 7 heteroatoms. The first-order chi connectivity index (χ1) is 7.63. The second-order valence-electron chi connectivity index (χ2n) is 3.17. The standard InChI is InChI=1S/C9H11N5O2/c1-2-11-5-3-4-6(8(15)16)14-7(5)12-9(10)13-14/h3-4,11H,2H2,1H3,(H2,10,13)(H,15,16). The molecule has 0 saturated heterocycles. The first-order valence-electron chi connectivity index (χ1n) is 4.76. The van der Waals surface area contributed by atoms with Crippen molar-refractivity contribution in [2.45, 2.75) is 6.92 Å². The molecule has 0 amide bonds. The van der Waals surface area contributed by atoms with Crippen LogP contribution in [-0.2, 0) is 0 Å². The van der Waals surface area contributed by atoms with Crippen LogP contribution in [0.5, 0.6) is 0 Å². The van der Waals surface area contributed by atoms with Gasteiger partial charge in [0.1, 0.15) is 0 Å². The Morgan fingerprint density at radius 2 is 2.38 bits per heavy atom. The fourth-order valence-corrected chi connectivity index (χ4v) is 1.47. The topological polar surface area (TPSA) is 106 Å². The number of carbonyl (C=O) groups is 1. The zero-order valence-corrected chi connectivity index (χ0v) is 8.64. The highest BCUT2D eigenvalue weighted by molar-refractivity contribution is 5.88. The summed E-state index contributed by atoms with van der Waals surface area (Å²) in [5.74, 6) is -1.02. The molecule has 7 nitrogen and oxygen atoms in total. The lowest BCUT2D eigenvalue weighted by molar-refractivity contribution is 0.0687. The van der Waals surface area contributed by atoms with Crippen LogP contribution < -0.4 is 11.1 Å². The number of pyridine rings is 1. The maximum Gasteiger partial charge on any atom is 0.354 e. The summed E-state index contributed by atoms with van der Waals surface area (Å²) in [6, 6.07) is 3.11. The lowest BCUT2D eigenvalue weighted by Crippen LogP contribution is -2.08. The third-order valence-electron chi connectivity index (χ3n) is 2.09. The van der Waals surface area contributed by atoms with Crippen LogP contribution in [0.3, 0.4) is 0 Å². The van der Waals surface area contributed by atoms with Gasteiger partial charge in [0, 0.05) is 6.54 Å². The minimum atomic E-state index is -1.07. The van der Waals surface area contributed by atoms with E-state index in [1.54, 1.807) is 6.07 Å². The van der Waals surface area contributed by atoms with Crippen molar-refractivity contribution in [3.63, 3.8) is 0 Å². The largest absolute Gasteiger partial charge is 0.477 e. The Labute approximate surface area is 90.9 Å². The Bertz CT molecular complexity index is 548. The number of rotatable bonds is 3. The summed E-state index contributed by atoms with van der Waals surface area (Å²) in [5, 5.41) is 15.9. The van der Waals surface area contributed by atoms with Crippen LogP contribution >= 0.6 is 0 Å². The normalized spacial score (nSPS) is 10.6. The SMILES string of the molecule is CCNc1ccc(C(=O)O)n2nc(N)nc12. The number of nitrogens with two attached hydrogens (primary N) is 1. The summed E-state index contributed by atoms with van der Waals surface area (Å²) in [6.07, 6.45) is 0. The van der Waals surface area contributed by atoms with Crippen molar-refractivity contribution in [2.75, 3.05) is 17.6 Å². The van der Waals surface area contributed by atoms with E-state index in [2.05, 4.69) is 15.4 Å². The van der Waals surface area contributed by atoms with E-state index in [-0.39, 0.29) is 11.6 Å². The van der Waals surface area contributed by atoms with Crippen LogP contribution in [-0.4, -0.2) is 32.2 Å². The first kappa shape index (κ1) is 10.2. The van der Waals surface area contributed by atoms with Gasteiger partial charge < -0.3 is 16.2 Å². The summed E-state index contributed by atoms with van der Waals surface area (Å²) >= 11 is 0. The number of nitrogens with one attached hydrogen (secondary N) is 1. The number of carboxylic acids is 1.